The van der Waals surface area contributed by atoms with Crippen LogP contribution in [0.5, 0.6) is 0 Å². The van der Waals surface area contributed by atoms with Crippen molar-refractivity contribution in [3.63, 3.8) is 0 Å². The van der Waals surface area contributed by atoms with Crippen molar-refractivity contribution in [3.8, 4) is 0 Å². The maximum absolute atomic E-state index is 3.77. The van der Waals surface area contributed by atoms with E-state index in [1.807, 2.05) is 0 Å². The summed E-state index contributed by atoms with van der Waals surface area (Å²) in [5, 5.41) is 3.58. The zero-order valence-electron chi connectivity index (χ0n) is 13.1. The Labute approximate surface area is 136 Å². The van der Waals surface area contributed by atoms with Crippen molar-refractivity contribution in [2.24, 2.45) is 0 Å². The topological polar surface area (TPSA) is 18.5 Å². The molecule has 2 aliphatic rings. The number of hydrogen-bond acceptors (Lipinski definition) is 3. The first-order chi connectivity index (χ1) is 10.2. The largest absolute Gasteiger partial charge is 0.368 e. The van der Waals surface area contributed by atoms with Gasteiger partial charge in [-0.1, -0.05) is 13.0 Å². The number of nitrogens with zero attached hydrogens (tertiary/aromatic N) is 2. The van der Waals surface area contributed by atoms with Gasteiger partial charge >= 0.3 is 0 Å². The molecule has 1 unspecified atom stereocenters. The van der Waals surface area contributed by atoms with E-state index in [0.717, 1.165) is 38.8 Å². The van der Waals surface area contributed by atoms with Crippen LogP contribution in [0.25, 0.3) is 0 Å². The molecule has 3 nitrogen and oxygen atoms in total. The van der Waals surface area contributed by atoms with Gasteiger partial charge in [0, 0.05) is 42.7 Å². The van der Waals surface area contributed by atoms with Crippen LogP contribution in [0.2, 0.25) is 0 Å². The second-order valence-corrected chi connectivity index (χ2v) is 7.22. The fraction of sp³-hybridized carbons (Fsp3) is 0.647. The summed E-state index contributed by atoms with van der Waals surface area (Å²) in [6.07, 6.45) is 2.69. The molecule has 1 atom stereocenters. The summed E-state index contributed by atoms with van der Waals surface area (Å²) >= 11 is 3.77. The predicted molar refractivity (Wildman–Crippen MR) is 92.9 cm³/mol. The van der Waals surface area contributed by atoms with Crippen molar-refractivity contribution < 1.29 is 0 Å². The Balaban J connectivity index is 1.64. The van der Waals surface area contributed by atoms with E-state index >= 15 is 0 Å². The molecule has 0 radical (unpaired) electrons. The summed E-state index contributed by atoms with van der Waals surface area (Å²) in [7, 11) is 0. The third-order valence-corrected chi connectivity index (χ3v) is 5.33. The lowest BCUT2D eigenvalue weighted by Gasteiger charge is -2.40. The average Bonchev–Trinajstić information content (AvgIpc) is 3.29. The van der Waals surface area contributed by atoms with Crippen LogP contribution in [-0.2, 0) is 6.54 Å². The summed E-state index contributed by atoms with van der Waals surface area (Å²) in [5.41, 5.74) is 2.71. The van der Waals surface area contributed by atoms with Crippen LogP contribution in [0, 0.1) is 0 Å². The molecule has 21 heavy (non-hydrogen) atoms. The molecule has 0 amide bonds. The molecule has 0 spiro atoms. The van der Waals surface area contributed by atoms with Gasteiger partial charge in [0.1, 0.15) is 0 Å². The van der Waals surface area contributed by atoms with Crippen molar-refractivity contribution in [2.45, 2.75) is 45.3 Å². The maximum Gasteiger partial charge on any atom is 0.0511 e. The number of hydrogen-bond donors (Lipinski definition) is 1. The quantitative estimate of drug-likeness (QED) is 0.878. The highest BCUT2D eigenvalue weighted by Gasteiger charge is 2.24. The summed E-state index contributed by atoms with van der Waals surface area (Å²) < 4.78 is 1.23. The second kappa shape index (κ2) is 6.67. The van der Waals surface area contributed by atoms with E-state index in [-0.39, 0.29) is 0 Å². The Morgan fingerprint density at radius 2 is 2.10 bits per heavy atom. The van der Waals surface area contributed by atoms with Crippen molar-refractivity contribution in [2.75, 3.05) is 31.1 Å². The third kappa shape index (κ3) is 3.79. The molecule has 4 heteroatoms. The molecule has 1 heterocycles. The Bertz CT molecular complexity index is 487. The van der Waals surface area contributed by atoms with Crippen LogP contribution >= 0.6 is 15.9 Å². The molecule has 116 valence electrons. The number of benzene rings is 1. The molecule has 2 fully saturated rings. The smallest absolute Gasteiger partial charge is 0.0511 e. The zero-order valence-corrected chi connectivity index (χ0v) is 14.7. The van der Waals surface area contributed by atoms with Gasteiger partial charge in [-0.05, 0) is 59.9 Å². The summed E-state index contributed by atoms with van der Waals surface area (Å²) in [4.78, 5) is 5.07. The third-order valence-electron chi connectivity index (χ3n) is 4.70. The number of rotatable bonds is 5. The molecule has 1 aromatic rings. The number of halogens is 1. The number of anilines is 1. The molecule has 3 rings (SSSR count). The highest BCUT2D eigenvalue weighted by molar-refractivity contribution is 9.10. The van der Waals surface area contributed by atoms with Crippen LogP contribution in [0.3, 0.4) is 0 Å². The maximum atomic E-state index is 3.77. The minimum atomic E-state index is 0.631. The number of piperazine rings is 1. The Morgan fingerprint density at radius 3 is 2.71 bits per heavy atom. The van der Waals surface area contributed by atoms with E-state index in [9.17, 15) is 0 Å². The predicted octanol–water partition coefficient (Wildman–Crippen LogP) is 3.23. The van der Waals surface area contributed by atoms with Gasteiger partial charge in [0.15, 0.2) is 0 Å². The number of nitrogens with one attached hydrogen (secondary N) is 1. The average molecular weight is 352 g/mol. The van der Waals surface area contributed by atoms with Crippen molar-refractivity contribution >= 4 is 21.6 Å². The Hall–Kier alpha value is -0.580. The normalized spacial score (nSPS) is 23.6. The van der Waals surface area contributed by atoms with Gasteiger partial charge in [0.05, 0.1) is 5.69 Å². The molecule has 1 aromatic carbocycles. The van der Waals surface area contributed by atoms with E-state index in [4.69, 9.17) is 0 Å². The molecule has 1 saturated heterocycles. The van der Waals surface area contributed by atoms with Gasteiger partial charge < -0.3 is 10.2 Å². The first kappa shape index (κ1) is 15.3. The Kier molecular flexibility index (Phi) is 4.87. The van der Waals surface area contributed by atoms with E-state index in [0.29, 0.717) is 6.04 Å². The molecular weight excluding hydrogens is 326 g/mol. The first-order valence-electron chi connectivity index (χ1n) is 8.18. The van der Waals surface area contributed by atoms with Gasteiger partial charge in [-0.3, -0.25) is 4.90 Å². The summed E-state index contributed by atoms with van der Waals surface area (Å²) in [6, 6.07) is 8.23. The minimum Gasteiger partial charge on any atom is -0.368 e. The van der Waals surface area contributed by atoms with Gasteiger partial charge in [0.25, 0.3) is 0 Å². The SMILES string of the molecule is CCN1CCN(c2ccc(CNC3CC3)cc2Br)CC1C. The summed E-state index contributed by atoms with van der Waals surface area (Å²) in [6.45, 7) is 10.1. The first-order valence-corrected chi connectivity index (χ1v) is 8.97. The molecule has 0 bridgehead atoms. The summed E-state index contributed by atoms with van der Waals surface area (Å²) in [5.74, 6) is 0. The molecular formula is C17H26BrN3. The van der Waals surface area contributed by atoms with Gasteiger partial charge in [0.2, 0.25) is 0 Å². The van der Waals surface area contributed by atoms with Gasteiger partial charge in [-0.25, -0.2) is 0 Å². The lowest BCUT2D eigenvalue weighted by Crippen LogP contribution is -2.51. The van der Waals surface area contributed by atoms with Crippen LogP contribution in [-0.4, -0.2) is 43.2 Å². The molecule has 1 saturated carbocycles. The minimum absolute atomic E-state index is 0.631. The molecule has 0 aromatic heterocycles. The van der Waals surface area contributed by atoms with Crippen LogP contribution in [0.1, 0.15) is 32.3 Å². The van der Waals surface area contributed by atoms with E-state index in [1.54, 1.807) is 0 Å². The van der Waals surface area contributed by atoms with Crippen molar-refractivity contribution in [1.29, 1.82) is 0 Å². The lowest BCUT2D eigenvalue weighted by atomic mass is 10.1. The number of likely N-dealkylation sites (N-methyl/N-ethyl adjacent to an activating group) is 1. The van der Waals surface area contributed by atoms with E-state index in [1.165, 1.54) is 28.6 Å². The second-order valence-electron chi connectivity index (χ2n) is 6.36. The highest BCUT2D eigenvalue weighted by atomic mass is 79.9. The molecule has 1 aliphatic carbocycles. The van der Waals surface area contributed by atoms with Crippen LogP contribution in [0.15, 0.2) is 22.7 Å². The molecule has 1 N–H and O–H groups in total. The Morgan fingerprint density at radius 1 is 1.29 bits per heavy atom. The lowest BCUT2D eigenvalue weighted by molar-refractivity contribution is 0.199. The van der Waals surface area contributed by atoms with Crippen LogP contribution < -0.4 is 10.2 Å². The van der Waals surface area contributed by atoms with Crippen molar-refractivity contribution in [3.05, 3.63) is 28.2 Å². The zero-order chi connectivity index (χ0) is 14.8. The van der Waals surface area contributed by atoms with E-state index < -0.39 is 0 Å². The highest BCUT2D eigenvalue weighted by Crippen LogP contribution is 2.29. The van der Waals surface area contributed by atoms with Gasteiger partial charge in [-0.15, -0.1) is 0 Å². The van der Waals surface area contributed by atoms with Crippen LogP contribution in [0.4, 0.5) is 5.69 Å². The molecule has 1 aliphatic heterocycles. The van der Waals surface area contributed by atoms with E-state index in [2.05, 4.69) is 63.1 Å². The fourth-order valence-electron chi connectivity index (χ4n) is 3.15. The van der Waals surface area contributed by atoms with Gasteiger partial charge in [-0.2, -0.15) is 0 Å². The standard InChI is InChI=1S/C17H26BrN3/c1-3-20-8-9-21(12-13(20)2)17-7-4-14(10-16(17)18)11-19-15-5-6-15/h4,7,10,13,15,19H,3,5-6,8-9,11-12H2,1-2H3. The van der Waals surface area contributed by atoms with Crippen molar-refractivity contribution in [1.82, 2.24) is 10.2 Å². The fourth-order valence-corrected chi connectivity index (χ4v) is 3.83. The monoisotopic (exact) mass is 351 g/mol.